The summed E-state index contributed by atoms with van der Waals surface area (Å²) in [7, 11) is 4.47. The van der Waals surface area contributed by atoms with E-state index in [-0.39, 0.29) is 16.9 Å². The monoisotopic (exact) mass is 459 g/mol. The maximum absolute atomic E-state index is 13.4. The number of hydrogen-bond acceptors (Lipinski definition) is 6. The Hall–Kier alpha value is -4.26. The first-order valence-corrected chi connectivity index (χ1v) is 10.6. The average Bonchev–Trinajstić information content (AvgIpc) is 3.13. The van der Waals surface area contributed by atoms with Gasteiger partial charge in [-0.3, -0.25) is 14.5 Å². The van der Waals surface area contributed by atoms with Crippen molar-refractivity contribution in [2.45, 2.75) is 13.0 Å². The van der Waals surface area contributed by atoms with Crippen molar-refractivity contribution in [2.24, 2.45) is 0 Å². The molecule has 7 nitrogen and oxygen atoms in total. The molecule has 1 aliphatic rings. The van der Waals surface area contributed by atoms with Crippen LogP contribution in [-0.2, 0) is 9.59 Å². The Balaban J connectivity index is 1.99. The molecule has 1 unspecified atom stereocenters. The number of rotatable bonds is 6. The van der Waals surface area contributed by atoms with Crippen LogP contribution in [0.2, 0.25) is 0 Å². The van der Waals surface area contributed by atoms with E-state index in [1.807, 2.05) is 31.2 Å². The molecule has 1 N–H and O–H groups in total. The maximum atomic E-state index is 13.4. The SMILES string of the molecule is COc1ccc(N2C(=O)C(=O)/C(=C(/O)c3c(OC)cccc3OC)C2c2cccc(C)c2)cc1. The van der Waals surface area contributed by atoms with E-state index in [4.69, 9.17) is 14.2 Å². The fourth-order valence-electron chi connectivity index (χ4n) is 4.22. The summed E-state index contributed by atoms with van der Waals surface area (Å²) in [6.45, 7) is 1.92. The fourth-order valence-corrected chi connectivity index (χ4v) is 4.22. The van der Waals surface area contributed by atoms with E-state index >= 15 is 0 Å². The molecule has 4 rings (SSSR count). The van der Waals surface area contributed by atoms with Gasteiger partial charge in [0.2, 0.25) is 0 Å². The second-order valence-electron chi connectivity index (χ2n) is 7.82. The summed E-state index contributed by atoms with van der Waals surface area (Å²) in [6.07, 6.45) is 0. The van der Waals surface area contributed by atoms with Crippen molar-refractivity contribution < 1.29 is 28.9 Å². The van der Waals surface area contributed by atoms with Gasteiger partial charge in [-0.2, -0.15) is 0 Å². The predicted molar refractivity (Wildman–Crippen MR) is 129 cm³/mol. The van der Waals surface area contributed by atoms with Gasteiger partial charge in [-0.05, 0) is 48.9 Å². The van der Waals surface area contributed by atoms with Gasteiger partial charge in [0.25, 0.3) is 11.7 Å². The van der Waals surface area contributed by atoms with Crippen LogP contribution in [-0.4, -0.2) is 38.1 Å². The highest BCUT2D eigenvalue weighted by molar-refractivity contribution is 6.51. The van der Waals surface area contributed by atoms with E-state index in [1.165, 1.54) is 19.1 Å². The molecule has 0 spiro atoms. The van der Waals surface area contributed by atoms with Gasteiger partial charge in [0.05, 0.1) is 32.9 Å². The van der Waals surface area contributed by atoms with Gasteiger partial charge in [0.15, 0.2) is 0 Å². The van der Waals surface area contributed by atoms with Gasteiger partial charge in [-0.25, -0.2) is 0 Å². The quantitative estimate of drug-likeness (QED) is 0.328. The van der Waals surface area contributed by atoms with Crippen molar-refractivity contribution >= 4 is 23.1 Å². The molecular weight excluding hydrogens is 434 g/mol. The van der Waals surface area contributed by atoms with Gasteiger partial charge in [-0.15, -0.1) is 0 Å². The van der Waals surface area contributed by atoms with Gasteiger partial charge in [-0.1, -0.05) is 35.9 Å². The molecule has 1 heterocycles. The number of ether oxygens (including phenoxy) is 3. The highest BCUT2D eigenvalue weighted by Crippen LogP contribution is 2.45. The average molecular weight is 459 g/mol. The van der Waals surface area contributed by atoms with Gasteiger partial charge >= 0.3 is 0 Å². The molecule has 0 saturated carbocycles. The van der Waals surface area contributed by atoms with Gasteiger partial charge < -0.3 is 19.3 Å². The smallest absolute Gasteiger partial charge is 0.300 e. The Bertz CT molecular complexity index is 1260. The van der Waals surface area contributed by atoms with E-state index in [1.54, 1.807) is 49.6 Å². The van der Waals surface area contributed by atoms with E-state index in [0.29, 0.717) is 28.5 Å². The molecular formula is C27H25NO6. The van der Waals surface area contributed by atoms with E-state index in [9.17, 15) is 14.7 Å². The number of Topliss-reactive ketones (excluding diaryl/α,β-unsaturated/α-hetero) is 1. The predicted octanol–water partition coefficient (Wildman–Crippen LogP) is 4.65. The zero-order valence-corrected chi connectivity index (χ0v) is 19.4. The molecule has 1 saturated heterocycles. The van der Waals surface area contributed by atoms with Crippen molar-refractivity contribution in [3.8, 4) is 17.2 Å². The fraction of sp³-hybridized carbons (Fsp3) is 0.185. The number of methoxy groups -OCH3 is 3. The van der Waals surface area contributed by atoms with Crippen LogP contribution in [0.1, 0.15) is 22.7 Å². The third-order valence-corrected chi connectivity index (χ3v) is 5.82. The number of aryl methyl sites for hydroxylation is 1. The molecule has 0 aromatic heterocycles. The number of nitrogens with zero attached hydrogens (tertiary/aromatic N) is 1. The lowest BCUT2D eigenvalue weighted by Gasteiger charge is -2.26. The lowest BCUT2D eigenvalue weighted by atomic mass is 9.93. The van der Waals surface area contributed by atoms with E-state index in [2.05, 4.69) is 0 Å². The van der Waals surface area contributed by atoms with Crippen LogP contribution in [0.5, 0.6) is 17.2 Å². The second-order valence-corrected chi connectivity index (χ2v) is 7.82. The molecule has 7 heteroatoms. The zero-order chi connectivity index (χ0) is 24.4. The third kappa shape index (κ3) is 3.85. The highest BCUT2D eigenvalue weighted by Gasteiger charge is 2.47. The second kappa shape index (κ2) is 9.31. The molecule has 34 heavy (non-hydrogen) atoms. The van der Waals surface area contributed by atoms with Crippen LogP contribution >= 0.6 is 0 Å². The Morgan fingerprint density at radius 1 is 0.853 bits per heavy atom. The summed E-state index contributed by atoms with van der Waals surface area (Å²) in [5, 5.41) is 11.5. The first-order chi connectivity index (χ1) is 16.4. The Kier molecular flexibility index (Phi) is 6.27. The van der Waals surface area contributed by atoms with E-state index < -0.39 is 17.7 Å². The molecule has 0 aliphatic carbocycles. The number of carbonyl (C=O) groups excluding carboxylic acids is 2. The molecule has 0 radical (unpaired) electrons. The van der Waals surface area contributed by atoms with Gasteiger partial charge in [0, 0.05) is 5.69 Å². The van der Waals surface area contributed by atoms with Crippen molar-refractivity contribution in [1.82, 2.24) is 0 Å². The molecule has 174 valence electrons. The largest absolute Gasteiger partial charge is 0.506 e. The number of ketones is 1. The summed E-state index contributed by atoms with van der Waals surface area (Å²) < 4.78 is 16.1. The zero-order valence-electron chi connectivity index (χ0n) is 19.4. The van der Waals surface area contributed by atoms with Crippen molar-refractivity contribution in [2.75, 3.05) is 26.2 Å². The first-order valence-electron chi connectivity index (χ1n) is 10.6. The van der Waals surface area contributed by atoms with Crippen LogP contribution in [0.4, 0.5) is 5.69 Å². The van der Waals surface area contributed by atoms with Crippen molar-refractivity contribution in [3.05, 3.63) is 89.0 Å². The first kappa shape index (κ1) is 22.9. The van der Waals surface area contributed by atoms with E-state index in [0.717, 1.165) is 5.56 Å². The van der Waals surface area contributed by atoms with Crippen LogP contribution in [0.3, 0.4) is 0 Å². The summed E-state index contributed by atoms with van der Waals surface area (Å²) in [5.74, 6) is -0.660. The lowest BCUT2D eigenvalue weighted by molar-refractivity contribution is -0.132. The molecule has 1 amide bonds. The van der Waals surface area contributed by atoms with Crippen LogP contribution in [0.15, 0.2) is 72.3 Å². The Labute approximate surface area is 197 Å². The topological polar surface area (TPSA) is 85.3 Å². The number of aliphatic hydroxyl groups excluding tert-OH is 1. The number of anilines is 1. The minimum Gasteiger partial charge on any atom is -0.506 e. The van der Waals surface area contributed by atoms with Gasteiger partial charge in [0.1, 0.15) is 28.6 Å². The molecule has 3 aromatic rings. The summed E-state index contributed by atoms with van der Waals surface area (Å²) in [5.41, 5.74) is 2.30. The summed E-state index contributed by atoms with van der Waals surface area (Å²) >= 11 is 0. The Morgan fingerprint density at radius 3 is 2.03 bits per heavy atom. The number of benzene rings is 3. The lowest BCUT2D eigenvalue weighted by Crippen LogP contribution is -2.29. The van der Waals surface area contributed by atoms with Crippen LogP contribution in [0.25, 0.3) is 5.76 Å². The normalized spacial score (nSPS) is 17.1. The maximum Gasteiger partial charge on any atom is 0.300 e. The van der Waals surface area contributed by atoms with Crippen molar-refractivity contribution in [1.29, 1.82) is 0 Å². The molecule has 1 fully saturated rings. The minimum absolute atomic E-state index is 0.0470. The molecule has 1 aliphatic heterocycles. The molecule has 3 aromatic carbocycles. The van der Waals surface area contributed by atoms with Crippen LogP contribution in [0, 0.1) is 6.92 Å². The van der Waals surface area contributed by atoms with Crippen molar-refractivity contribution in [3.63, 3.8) is 0 Å². The minimum atomic E-state index is -0.858. The summed E-state index contributed by atoms with van der Waals surface area (Å²) in [4.78, 5) is 28.1. The molecule has 0 bridgehead atoms. The summed E-state index contributed by atoms with van der Waals surface area (Å²) in [6, 6.07) is 18.5. The highest BCUT2D eigenvalue weighted by atomic mass is 16.5. The van der Waals surface area contributed by atoms with Crippen LogP contribution < -0.4 is 19.1 Å². The third-order valence-electron chi connectivity index (χ3n) is 5.82. The number of carbonyl (C=O) groups is 2. The molecule has 1 atom stereocenters. The number of hydrogen-bond donors (Lipinski definition) is 1. The Morgan fingerprint density at radius 2 is 1.47 bits per heavy atom. The standard InChI is InChI=1S/C27H25NO6/c1-16-7-5-8-17(15-16)24-23(25(29)22-20(33-3)9-6-10-21(22)34-4)26(30)27(31)28(24)18-11-13-19(32-2)14-12-18/h5-15,24,29H,1-4H3/b25-23+. The number of aliphatic hydroxyl groups is 1. The number of amides is 1.